The first kappa shape index (κ1) is 18.4. The highest BCUT2D eigenvalue weighted by Gasteiger charge is 2.08. The number of ether oxygens (including phenoxy) is 2. The average Bonchev–Trinajstić information content (AvgIpc) is 3.10. The fourth-order valence-corrected chi connectivity index (χ4v) is 2.89. The molecule has 3 aromatic rings. The summed E-state index contributed by atoms with van der Waals surface area (Å²) in [7, 11) is 1.64. The molecule has 0 fully saturated rings. The van der Waals surface area contributed by atoms with Crippen LogP contribution in [-0.2, 0) is 19.6 Å². The van der Waals surface area contributed by atoms with Gasteiger partial charge in [-0.3, -0.25) is 0 Å². The van der Waals surface area contributed by atoms with Crippen molar-refractivity contribution in [2.45, 2.75) is 19.6 Å². The van der Waals surface area contributed by atoms with Crippen molar-refractivity contribution in [2.24, 2.45) is 0 Å². The Morgan fingerprint density at radius 3 is 2.62 bits per heavy atom. The molecule has 0 saturated heterocycles. The van der Waals surface area contributed by atoms with Crippen molar-refractivity contribution < 1.29 is 9.47 Å². The second-order valence-electron chi connectivity index (χ2n) is 5.80. The number of rotatable bonds is 8. The lowest BCUT2D eigenvalue weighted by Gasteiger charge is -2.10. The van der Waals surface area contributed by atoms with Crippen molar-refractivity contribution >= 4 is 22.6 Å². The van der Waals surface area contributed by atoms with Gasteiger partial charge in [0.05, 0.1) is 19.9 Å². The Bertz CT molecular complexity index is 875. The second-order valence-corrected chi connectivity index (χ2v) is 7.05. The maximum absolute atomic E-state index is 5.86. The zero-order chi connectivity index (χ0) is 18.4. The molecule has 0 aliphatic carbocycles. The quantitative estimate of drug-likeness (QED) is 0.372. The van der Waals surface area contributed by atoms with Crippen LogP contribution in [0.1, 0.15) is 16.8 Å². The number of methoxy groups -OCH3 is 1. The molecule has 1 aromatic heterocycles. The Morgan fingerprint density at radius 2 is 1.88 bits per heavy atom. The molecule has 0 radical (unpaired) electrons. The summed E-state index contributed by atoms with van der Waals surface area (Å²) in [5.41, 5.74) is 3.09. The number of hydrogen-bond donors (Lipinski definition) is 0. The average molecular weight is 461 g/mol. The van der Waals surface area contributed by atoms with Crippen LogP contribution in [0.3, 0.4) is 0 Å². The van der Waals surface area contributed by atoms with E-state index in [-0.39, 0.29) is 0 Å². The summed E-state index contributed by atoms with van der Waals surface area (Å²) in [4.78, 5) is 0. The summed E-state index contributed by atoms with van der Waals surface area (Å²) in [5.74, 6) is 1.39. The van der Waals surface area contributed by atoms with Crippen LogP contribution in [0.2, 0.25) is 0 Å². The lowest BCUT2D eigenvalue weighted by molar-refractivity contribution is 0.280. The molecule has 3 rings (SSSR count). The maximum atomic E-state index is 5.86. The monoisotopic (exact) mass is 461 g/mol. The van der Waals surface area contributed by atoms with Crippen LogP contribution in [0, 0.1) is 3.57 Å². The molecule has 0 N–H and O–H groups in total. The summed E-state index contributed by atoms with van der Waals surface area (Å²) in [6, 6.07) is 14.2. The van der Waals surface area contributed by atoms with E-state index in [0.29, 0.717) is 24.7 Å². The SMILES string of the molecule is C=CCc1ccc(OCc2cn(Cc3ccc(I)cc3)nn2)c(OC)c1. The number of hydrogen-bond acceptors (Lipinski definition) is 4. The van der Waals surface area contributed by atoms with Gasteiger partial charge in [-0.25, -0.2) is 4.68 Å². The van der Waals surface area contributed by atoms with Gasteiger partial charge in [0.1, 0.15) is 12.3 Å². The second kappa shape index (κ2) is 8.84. The predicted octanol–water partition coefficient (Wildman–Crippen LogP) is 4.25. The first-order chi connectivity index (χ1) is 12.7. The largest absolute Gasteiger partial charge is 0.493 e. The van der Waals surface area contributed by atoms with Crippen molar-refractivity contribution in [3.8, 4) is 11.5 Å². The number of halogens is 1. The summed E-state index contributed by atoms with van der Waals surface area (Å²) in [6.07, 6.45) is 4.56. The van der Waals surface area contributed by atoms with E-state index < -0.39 is 0 Å². The Morgan fingerprint density at radius 1 is 1.12 bits per heavy atom. The molecular weight excluding hydrogens is 441 g/mol. The fourth-order valence-electron chi connectivity index (χ4n) is 2.54. The van der Waals surface area contributed by atoms with E-state index >= 15 is 0 Å². The van der Waals surface area contributed by atoms with Crippen LogP contribution in [0.15, 0.2) is 61.3 Å². The van der Waals surface area contributed by atoms with E-state index in [1.807, 2.05) is 35.2 Å². The van der Waals surface area contributed by atoms with Gasteiger partial charge in [-0.05, 0) is 64.4 Å². The fraction of sp³-hybridized carbons (Fsp3) is 0.200. The third-order valence-electron chi connectivity index (χ3n) is 3.83. The molecule has 2 aromatic carbocycles. The Balaban J connectivity index is 1.62. The molecule has 0 unspecified atom stereocenters. The van der Waals surface area contributed by atoms with Crippen molar-refractivity contribution in [2.75, 3.05) is 7.11 Å². The zero-order valence-electron chi connectivity index (χ0n) is 14.6. The lowest BCUT2D eigenvalue weighted by Crippen LogP contribution is -2.00. The highest BCUT2D eigenvalue weighted by molar-refractivity contribution is 14.1. The van der Waals surface area contributed by atoms with Crippen molar-refractivity contribution in [1.29, 1.82) is 0 Å². The summed E-state index contributed by atoms with van der Waals surface area (Å²) in [6.45, 7) is 4.78. The zero-order valence-corrected chi connectivity index (χ0v) is 16.7. The lowest BCUT2D eigenvalue weighted by atomic mass is 10.1. The van der Waals surface area contributed by atoms with E-state index in [9.17, 15) is 0 Å². The number of allylic oxidation sites excluding steroid dienone is 1. The number of benzene rings is 2. The van der Waals surface area contributed by atoms with E-state index in [2.05, 4.69) is 63.7 Å². The molecule has 6 heteroatoms. The first-order valence-electron chi connectivity index (χ1n) is 8.22. The molecule has 0 amide bonds. The van der Waals surface area contributed by atoms with E-state index in [1.54, 1.807) is 7.11 Å². The smallest absolute Gasteiger partial charge is 0.161 e. The minimum atomic E-state index is 0.337. The molecular formula is C20H20IN3O2. The molecule has 26 heavy (non-hydrogen) atoms. The molecule has 0 atom stereocenters. The third kappa shape index (κ3) is 4.85. The molecule has 5 nitrogen and oxygen atoms in total. The van der Waals surface area contributed by atoms with Gasteiger partial charge in [-0.1, -0.05) is 29.5 Å². The number of aromatic nitrogens is 3. The molecule has 134 valence electrons. The van der Waals surface area contributed by atoms with Crippen LogP contribution >= 0.6 is 22.6 Å². The Labute approximate surface area is 166 Å². The highest BCUT2D eigenvalue weighted by Crippen LogP contribution is 2.29. The van der Waals surface area contributed by atoms with Crippen molar-refractivity contribution in [3.05, 3.63) is 81.7 Å². The van der Waals surface area contributed by atoms with E-state index in [4.69, 9.17) is 9.47 Å². The van der Waals surface area contributed by atoms with Crippen LogP contribution in [0.5, 0.6) is 11.5 Å². The first-order valence-corrected chi connectivity index (χ1v) is 9.30. The van der Waals surface area contributed by atoms with E-state index in [0.717, 1.165) is 17.7 Å². The minimum absolute atomic E-state index is 0.337. The van der Waals surface area contributed by atoms with Crippen LogP contribution in [0.4, 0.5) is 0 Å². The van der Waals surface area contributed by atoms with Gasteiger partial charge in [-0.15, -0.1) is 11.7 Å². The molecule has 1 heterocycles. The van der Waals surface area contributed by atoms with Crippen molar-refractivity contribution in [1.82, 2.24) is 15.0 Å². The normalized spacial score (nSPS) is 10.5. The standard InChI is InChI=1S/C20H20IN3O2/c1-3-4-15-7-10-19(20(11-15)25-2)26-14-18-13-24(23-22-18)12-16-5-8-17(21)9-6-16/h3,5-11,13H,1,4,12,14H2,2H3. The molecule has 0 bridgehead atoms. The Kier molecular flexibility index (Phi) is 6.27. The van der Waals surface area contributed by atoms with Crippen LogP contribution < -0.4 is 9.47 Å². The Hall–Kier alpha value is -2.35. The van der Waals surface area contributed by atoms with Crippen LogP contribution in [-0.4, -0.2) is 22.1 Å². The molecule has 0 saturated carbocycles. The van der Waals surface area contributed by atoms with E-state index in [1.165, 1.54) is 9.13 Å². The van der Waals surface area contributed by atoms with Gasteiger partial charge in [0.2, 0.25) is 0 Å². The third-order valence-corrected chi connectivity index (χ3v) is 4.55. The molecule has 0 aliphatic rings. The van der Waals surface area contributed by atoms with Crippen molar-refractivity contribution in [3.63, 3.8) is 0 Å². The summed E-state index contributed by atoms with van der Waals surface area (Å²) < 4.78 is 14.3. The molecule has 0 spiro atoms. The minimum Gasteiger partial charge on any atom is -0.493 e. The highest BCUT2D eigenvalue weighted by atomic mass is 127. The van der Waals surface area contributed by atoms with Gasteiger partial charge in [0, 0.05) is 3.57 Å². The topological polar surface area (TPSA) is 49.2 Å². The van der Waals surface area contributed by atoms with Gasteiger partial charge >= 0.3 is 0 Å². The van der Waals surface area contributed by atoms with Crippen LogP contribution in [0.25, 0.3) is 0 Å². The van der Waals surface area contributed by atoms with Gasteiger partial charge in [0.25, 0.3) is 0 Å². The van der Waals surface area contributed by atoms with Gasteiger partial charge < -0.3 is 9.47 Å². The summed E-state index contributed by atoms with van der Waals surface area (Å²) in [5, 5.41) is 8.35. The predicted molar refractivity (Wildman–Crippen MR) is 110 cm³/mol. The van der Waals surface area contributed by atoms with Gasteiger partial charge in [0.15, 0.2) is 11.5 Å². The summed E-state index contributed by atoms with van der Waals surface area (Å²) >= 11 is 2.29. The maximum Gasteiger partial charge on any atom is 0.161 e. The van der Waals surface area contributed by atoms with Gasteiger partial charge in [-0.2, -0.15) is 0 Å². The molecule has 0 aliphatic heterocycles. The number of nitrogens with zero attached hydrogens (tertiary/aromatic N) is 3.